The number of thiazole rings is 1. The summed E-state index contributed by atoms with van der Waals surface area (Å²) in [6.45, 7) is 6.33. The molecule has 0 fully saturated rings. The van der Waals surface area contributed by atoms with Crippen LogP contribution in [-0.4, -0.2) is 9.38 Å². The van der Waals surface area contributed by atoms with Crippen molar-refractivity contribution >= 4 is 26.4 Å². The Morgan fingerprint density at radius 3 is 2.72 bits per heavy atom. The van der Waals surface area contributed by atoms with Gasteiger partial charge in [-0.2, -0.15) is 0 Å². The summed E-state index contributed by atoms with van der Waals surface area (Å²) in [4.78, 5) is 5.88. The minimum Gasteiger partial charge on any atom is -0.321 e. The van der Waals surface area contributed by atoms with Crippen molar-refractivity contribution in [1.29, 1.82) is 0 Å². The molecule has 0 bridgehead atoms. The summed E-state index contributed by atoms with van der Waals surface area (Å²) in [6.07, 6.45) is 0. The van der Waals surface area contributed by atoms with Crippen LogP contribution in [0.1, 0.15) is 31.4 Å². The van der Waals surface area contributed by atoms with E-state index in [1.54, 1.807) is 11.3 Å². The molecule has 4 heteroatoms. The molecule has 3 nitrogen and oxygen atoms in total. The fraction of sp³-hybridized carbons (Fsp3) is 0.357. The number of nitrogens with zero attached hydrogens (tertiary/aromatic N) is 2. The van der Waals surface area contributed by atoms with Crippen LogP contribution < -0.4 is 5.73 Å². The van der Waals surface area contributed by atoms with E-state index in [-0.39, 0.29) is 6.04 Å². The van der Waals surface area contributed by atoms with E-state index in [1.807, 2.05) is 0 Å². The number of para-hydroxylation sites is 1. The van der Waals surface area contributed by atoms with Gasteiger partial charge in [0, 0.05) is 0 Å². The molecule has 0 saturated heterocycles. The summed E-state index contributed by atoms with van der Waals surface area (Å²) in [5.74, 6) is 1.36. The molecule has 2 heterocycles. The van der Waals surface area contributed by atoms with Gasteiger partial charge in [0.2, 0.25) is 0 Å². The highest BCUT2D eigenvalue weighted by Crippen LogP contribution is 2.32. The lowest BCUT2D eigenvalue weighted by molar-refractivity contribution is 0.490. The smallest absolute Gasteiger partial charge is 0.131 e. The zero-order valence-corrected chi connectivity index (χ0v) is 11.7. The molecule has 2 aromatic heterocycles. The van der Waals surface area contributed by atoms with Crippen molar-refractivity contribution in [1.82, 2.24) is 9.38 Å². The summed E-state index contributed by atoms with van der Waals surface area (Å²) < 4.78 is 3.51. The van der Waals surface area contributed by atoms with Gasteiger partial charge in [-0.25, -0.2) is 4.98 Å². The van der Waals surface area contributed by atoms with Crippen molar-refractivity contribution in [2.75, 3.05) is 0 Å². The van der Waals surface area contributed by atoms with Gasteiger partial charge in [0.05, 0.1) is 22.0 Å². The van der Waals surface area contributed by atoms with Gasteiger partial charge in [-0.05, 0) is 25.0 Å². The molecule has 0 saturated carbocycles. The molecule has 0 amide bonds. The number of rotatable bonds is 2. The van der Waals surface area contributed by atoms with E-state index in [1.165, 1.54) is 15.0 Å². The molecule has 1 atom stereocenters. The van der Waals surface area contributed by atoms with Crippen molar-refractivity contribution in [3.63, 3.8) is 0 Å². The van der Waals surface area contributed by atoms with Crippen molar-refractivity contribution in [3.8, 4) is 0 Å². The second-order valence-corrected chi connectivity index (χ2v) is 6.07. The number of hydrogen-bond donors (Lipinski definition) is 1. The summed E-state index contributed by atoms with van der Waals surface area (Å²) in [5.41, 5.74) is 8.57. The first-order chi connectivity index (χ1) is 8.59. The summed E-state index contributed by atoms with van der Waals surface area (Å²) in [7, 11) is 0. The molecule has 94 valence electrons. The summed E-state index contributed by atoms with van der Waals surface area (Å²) in [6, 6.07) is 8.40. The van der Waals surface area contributed by atoms with Gasteiger partial charge in [-0.15, -0.1) is 11.3 Å². The zero-order valence-electron chi connectivity index (χ0n) is 10.8. The molecule has 0 aliphatic heterocycles. The summed E-state index contributed by atoms with van der Waals surface area (Å²) >= 11 is 1.78. The average molecular weight is 259 g/mol. The zero-order chi connectivity index (χ0) is 12.9. The van der Waals surface area contributed by atoms with E-state index in [0.717, 1.165) is 11.5 Å². The Morgan fingerprint density at radius 1 is 1.28 bits per heavy atom. The number of hydrogen-bond acceptors (Lipinski definition) is 3. The highest BCUT2D eigenvalue weighted by Gasteiger charge is 2.20. The van der Waals surface area contributed by atoms with Gasteiger partial charge in [0.1, 0.15) is 10.7 Å². The van der Waals surface area contributed by atoms with Crippen LogP contribution in [-0.2, 0) is 0 Å². The molecule has 3 rings (SSSR count). The average Bonchev–Trinajstić information content (AvgIpc) is 2.87. The van der Waals surface area contributed by atoms with Gasteiger partial charge >= 0.3 is 0 Å². The second-order valence-electron chi connectivity index (χ2n) is 5.04. The largest absolute Gasteiger partial charge is 0.321 e. The van der Waals surface area contributed by atoms with E-state index in [4.69, 9.17) is 5.73 Å². The Bertz CT molecular complexity index is 708. The van der Waals surface area contributed by atoms with E-state index in [9.17, 15) is 0 Å². The topological polar surface area (TPSA) is 43.3 Å². The molecule has 1 unspecified atom stereocenters. The first-order valence-electron chi connectivity index (χ1n) is 6.21. The third kappa shape index (κ3) is 1.56. The van der Waals surface area contributed by atoms with Gasteiger partial charge in [-0.1, -0.05) is 26.0 Å². The highest BCUT2D eigenvalue weighted by molar-refractivity contribution is 7.24. The van der Waals surface area contributed by atoms with Gasteiger partial charge < -0.3 is 5.73 Å². The van der Waals surface area contributed by atoms with Crippen molar-refractivity contribution in [3.05, 3.63) is 35.8 Å². The maximum absolute atomic E-state index is 6.29. The van der Waals surface area contributed by atoms with Crippen molar-refractivity contribution < 1.29 is 0 Å². The molecule has 3 aromatic rings. The van der Waals surface area contributed by atoms with E-state index in [2.05, 4.69) is 54.4 Å². The van der Waals surface area contributed by atoms with Gasteiger partial charge in [0.25, 0.3) is 0 Å². The maximum atomic E-state index is 6.29. The molecular weight excluding hydrogens is 242 g/mol. The number of aryl methyl sites for hydroxylation is 1. The molecular formula is C14H17N3S. The SMILES string of the molecule is Cc1nc(C(N)C(C)C)n2c1sc1ccccc12. The lowest BCUT2D eigenvalue weighted by Gasteiger charge is -2.13. The van der Waals surface area contributed by atoms with Crippen LogP contribution in [0, 0.1) is 12.8 Å². The molecule has 2 N–H and O–H groups in total. The van der Waals surface area contributed by atoms with Crippen LogP contribution in [0.5, 0.6) is 0 Å². The van der Waals surface area contributed by atoms with Crippen LogP contribution in [0.2, 0.25) is 0 Å². The lowest BCUT2D eigenvalue weighted by atomic mass is 10.1. The molecule has 0 radical (unpaired) electrons. The van der Waals surface area contributed by atoms with Gasteiger partial charge in [-0.3, -0.25) is 4.40 Å². The Labute approximate surface area is 110 Å². The number of nitrogens with two attached hydrogens (primary N) is 1. The normalized spacial score (nSPS) is 13.8. The minimum atomic E-state index is -0.0239. The van der Waals surface area contributed by atoms with Crippen molar-refractivity contribution in [2.24, 2.45) is 11.7 Å². The maximum Gasteiger partial charge on any atom is 0.131 e. The van der Waals surface area contributed by atoms with Crippen LogP contribution in [0.15, 0.2) is 24.3 Å². The molecule has 18 heavy (non-hydrogen) atoms. The third-order valence-electron chi connectivity index (χ3n) is 3.35. The van der Waals surface area contributed by atoms with Crippen LogP contribution in [0.3, 0.4) is 0 Å². The third-order valence-corrected chi connectivity index (χ3v) is 4.59. The number of benzene rings is 1. The first-order valence-corrected chi connectivity index (χ1v) is 7.03. The van der Waals surface area contributed by atoms with E-state index in [0.29, 0.717) is 5.92 Å². The van der Waals surface area contributed by atoms with Crippen molar-refractivity contribution in [2.45, 2.75) is 26.8 Å². The van der Waals surface area contributed by atoms with Gasteiger partial charge in [0.15, 0.2) is 0 Å². The standard InChI is InChI=1S/C14H17N3S/c1-8(2)12(15)13-16-9(3)14-17(13)10-6-4-5-7-11(10)18-14/h4-8,12H,15H2,1-3H3. The lowest BCUT2D eigenvalue weighted by Crippen LogP contribution is -2.19. The van der Waals surface area contributed by atoms with E-state index < -0.39 is 0 Å². The molecule has 0 spiro atoms. The fourth-order valence-corrected chi connectivity index (χ4v) is 3.34. The summed E-state index contributed by atoms with van der Waals surface area (Å²) in [5, 5.41) is 0. The quantitative estimate of drug-likeness (QED) is 0.765. The predicted molar refractivity (Wildman–Crippen MR) is 77.1 cm³/mol. The monoisotopic (exact) mass is 259 g/mol. The molecule has 0 aliphatic rings. The van der Waals surface area contributed by atoms with Crippen LogP contribution in [0.25, 0.3) is 15.0 Å². The Kier molecular flexibility index (Phi) is 2.64. The minimum absolute atomic E-state index is 0.0239. The predicted octanol–water partition coefficient (Wildman–Crippen LogP) is 3.51. The Balaban J connectivity index is 2.38. The fourth-order valence-electron chi connectivity index (χ4n) is 2.24. The van der Waals surface area contributed by atoms with Crippen LogP contribution in [0.4, 0.5) is 0 Å². The van der Waals surface area contributed by atoms with Crippen LogP contribution >= 0.6 is 11.3 Å². The molecule has 0 aliphatic carbocycles. The highest BCUT2D eigenvalue weighted by atomic mass is 32.1. The molecule has 1 aromatic carbocycles. The first kappa shape index (κ1) is 11.7. The Hall–Kier alpha value is -1.39. The number of aromatic nitrogens is 2. The van der Waals surface area contributed by atoms with E-state index >= 15 is 0 Å². The number of fused-ring (bicyclic) bond motifs is 3. The Morgan fingerprint density at radius 2 is 2.00 bits per heavy atom. The second kappa shape index (κ2) is 4.07. The number of imidazole rings is 1.